The molecule has 0 saturated carbocycles. The zero-order valence-corrected chi connectivity index (χ0v) is 22.7. The summed E-state index contributed by atoms with van der Waals surface area (Å²) >= 11 is 2.79. The Morgan fingerprint density at radius 3 is 2.53 bits per heavy atom. The maximum Gasteiger partial charge on any atom is 0.254 e. The normalized spacial score (nSPS) is 14.8. The first-order valence-corrected chi connectivity index (χ1v) is 13.9. The van der Waals surface area contributed by atoms with Gasteiger partial charge in [0.1, 0.15) is 11.3 Å². The topological polar surface area (TPSA) is 84.4 Å². The number of nitrogens with zero attached hydrogens (tertiary/aromatic N) is 3. The van der Waals surface area contributed by atoms with Crippen LogP contribution in [0.15, 0.2) is 66.2 Å². The summed E-state index contributed by atoms with van der Waals surface area (Å²) in [6.45, 7) is 6.01. The maximum atomic E-state index is 14.3. The number of carbonyl (C=O) groups is 2. The second kappa shape index (κ2) is 11.1. The smallest absolute Gasteiger partial charge is 0.254 e. The van der Waals surface area contributed by atoms with Crippen LogP contribution in [0.3, 0.4) is 0 Å². The molecular formula is C28H27FN4O3S2. The lowest BCUT2D eigenvalue weighted by atomic mass is 9.73. The van der Waals surface area contributed by atoms with Crippen molar-refractivity contribution in [1.82, 2.24) is 15.1 Å². The number of carbonyl (C=O) groups excluding carboxylic acids is 2. The van der Waals surface area contributed by atoms with E-state index < -0.39 is 11.3 Å². The minimum Gasteiger partial charge on any atom is -0.378 e. The molecule has 0 spiro atoms. The zero-order valence-electron chi connectivity index (χ0n) is 21.0. The van der Waals surface area contributed by atoms with E-state index in [2.05, 4.69) is 15.5 Å². The van der Waals surface area contributed by atoms with E-state index in [-0.39, 0.29) is 17.6 Å². The number of ether oxygens (including phenoxy) is 1. The molecule has 0 unspecified atom stereocenters. The van der Waals surface area contributed by atoms with Gasteiger partial charge in [0.05, 0.1) is 18.6 Å². The molecule has 2 aromatic carbocycles. The SMILES string of the molecule is CC(C)(C(=O)Nc1nncs1)[C@H](c1cccc(F)c1)c1ccc(-c2ccc(C(=O)N3CCOCC3)cc2)s1. The molecular weight excluding hydrogens is 523 g/mol. The average Bonchev–Trinajstić information content (AvgIpc) is 3.62. The summed E-state index contributed by atoms with van der Waals surface area (Å²) in [4.78, 5) is 29.9. The molecule has 10 heteroatoms. The predicted molar refractivity (Wildman–Crippen MR) is 147 cm³/mol. The number of thiophene rings is 1. The van der Waals surface area contributed by atoms with E-state index in [0.29, 0.717) is 42.6 Å². The average molecular weight is 551 g/mol. The fourth-order valence-corrected chi connectivity index (χ4v) is 6.40. The highest BCUT2D eigenvalue weighted by Crippen LogP contribution is 2.46. The molecule has 4 aromatic rings. The summed E-state index contributed by atoms with van der Waals surface area (Å²) in [5.74, 6) is -0.998. The van der Waals surface area contributed by atoms with Crippen molar-refractivity contribution in [2.24, 2.45) is 5.41 Å². The molecule has 5 rings (SSSR count). The van der Waals surface area contributed by atoms with Gasteiger partial charge < -0.3 is 15.0 Å². The van der Waals surface area contributed by atoms with E-state index in [4.69, 9.17) is 4.74 Å². The third-order valence-electron chi connectivity index (χ3n) is 6.70. The predicted octanol–water partition coefficient (Wildman–Crippen LogP) is 5.67. The number of benzene rings is 2. The van der Waals surface area contributed by atoms with Crippen LogP contribution >= 0.6 is 22.7 Å². The van der Waals surface area contributed by atoms with Gasteiger partial charge in [-0.2, -0.15) is 0 Å². The Morgan fingerprint density at radius 1 is 1.08 bits per heavy atom. The number of hydrogen-bond acceptors (Lipinski definition) is 7. The third kappa shape index (κ3) is 5.52. The van der Waals surface area contributed by atoms with Gasteiger partial charge in [-0.3, -0.25) is 9.59 Å². The number of nitrogens with one attached hydrogen (secondary N) is 1. The monoisotopic (exact) mass is 550 g/mol. The van der Waals surface area contributed by atoms with Crippen LogP contribution in [0, 0.1) is 11.2 Å². The number of halogens is 1. The van der Waals surface area contributed by atoms with Crippen molar-refractivity contribution in [3.63, 3.8) is 0 Å². The molecule has 0 aliphatic carbocycles. The number of aromatic nitrogens is 2. The van der Waals surface area contributed by atoms with E-state index in [1.165, 1.54) is 23.5 Å². The Bertz CT molecular complexity index is 1410. The van der Waals surface area contributed by atoms with Gasteiger partial charge in [-0.15, -0.1) is 21.5 Å². The van der Waals surface area contributed by atoms with Crippen LogP contribution < -0.4 is 5.32 Å². The van der Waals surface area contributed by atoms with Gasteiger partial charge in [0, 0.05) is 34.3 Å². The maximum absolute atomic E-state index is 14.3. The molecule has 1 atom stereocenters. The van der Waals surface area contributed by atoms with Crippen LogP contribution in [0.5, 0.6) is 0 Å². The second-order valence-corrected chi connectivity index (χ2v) is 11.5. The van der Waals surface area contributed by atoms with E-state index in [1.807, 2.05) is 56.3 Å². The molecule has 1 saturated heterocycles. The molecule has 0 bridgehead atoms. The molecule has 7 nitrogen and oxygen atoms in total. The number of hydrogen-bond donors (Lipinski definition) is 1. The Labute approximate surface area is 228 Å². The van der Waals surface area contributed by atoms with E-state index in [9.17, 15) is 14.0 Å². The number of amides is 2. The molecule has 1 fully saturated rings. The van der Waals surface area contributed by atoms with Gasteiger partial charge >= 0.3 is 0 Å². The highest BCUT2D eigenvalue weighted by molar-refractivity contribution is 7.15. The van der Waals surface area contributed by atoms with Crippen LogP contribution in [0.1, 0.15) is 40.6 Å². The summed E-state index contributed by atoms with van der Waals surface area (Å²) in [5, 5.41) is 11.0. The van der Waals surface area contributed by atoms with Crippen LogP contribution in [-0.2, 0) is 9.53 Å². The molecule has 3 heterocycles. The number of morpholine rings is 1. The van der Waals surface area contributed by atoms with Crippen molar-refractivity contribution in [2.75, 3.05) is 31.6 Å². The minimum absolute atomic E-state index is 0.000999. The van der Waals surface area contributed by atoms with E-state index >= 15 is 0 Å². The Hall–Kier alpha value is -3.47. The summed E-state index contributed by atoms with van der Waals surface area (Å²) in [5.41, 5.74) is 2.93. The summed E-state index contributed by atoms with van der Waals surface area (Å²) in [6.07, 6.45) is 0. The molecule has 196 valence electrons. The highest BCUT2D eigenvalue weighted by atomic mass is 32.1. The lowest BCUT2D eigenvalue weighted by Gasteiger charge is -2.32. The molecule has 1 aliphatic heterocycles. The summed E-state index contributed by atoms with van der Waals surface area (Å²) in [7, 11) is 0. The zero-order chi connectivity index (χ0) is 26.7. The summed E-state index contributed by atoms with van der Waals surface area (Å²) < 4.78 is 19.6. The van der Waals surface area contributed by atoms with Crippen LogP contribution in [0.25, 0.3) is 10.4 Å². The number of rotatable bonds is 7. The first-order chi connectivity index (χ1) is 18.3. The van der Waals surface area contributed by atoms with Gasteiger partial charge in [0.15, 0.2) is 0 Å². The van der Waals surface area contributed by atoms with Crippen molar-refractivity contribution in [2.45, 2.75) is 19.8 Å². The van der Waals surface area contributed by atoms with Crippen molar-refractivity contribution >= 4 is 39.6 Å². The quantitative estimate of drug-likeness (QED) is 0.320. The van der Waals surface area contributed by atoms with Crippen molar-refractivity contribution < 1.29 is 18.7 Å². The van der Waals surface area contributed by atoms with Gasteiger partial charge in [-0.05, 0) is 47.5 Å². The van der Waals surface area contributed by atoms with E-state index in [1.54, 1.807) is 27.8 Å². The number of anilines is 1. The van der Waals surface area contributed by atoms with Crippen molar-refractivity contribution in [3.8, 4) is 10.4 Å². The minimum atomic E-state index is -0.935. The van der Waals surface area contributed by atoms with Gasteiger partial charge in [-0.25, -0.2) is 4.39 Å². The molecule has 2 amide bonds. The third-order valence-corrected chi connectivity index (χ3v) is 8.50. The summed E-state index contributed by atoms with van der Waals surface area (Å²) in [6, 6.07) is 17.9. The second-order valence-electron chi connectivity index (χ2n) is 9.59. The van der Waals surface area contributed by atoms with Gasteiger partial charge in [0.25, 0.3) is 5.91 Å². The highest BCUT2D eigenvalue weighted by Gasteiger charge is 2.40. The molecule has 38 heavy (non-hydrogen) atoms. The molecule has 2 aromatic heterocycles. The standard InChI is InChI=1S/C28H27FN4O3S2/c1-28(2,26(35)31-27-32-30-17-37-27)24(20-4-3-5-21(29)16-20)23-11-10-22(38-23)18-6-8-19(9-7-18)25(34)33-12-14-36-15-13-33/h3-11,16-17,24H,12-15H2,1-2H3,(H,31,32,35)/t24-/m1/s1. The van der Waals surface area contributed by atoms with Crippen LogP contribution in [0.4, 0.5) is 9.52 Å². The molecule has 0 radical (unpaired) electrons. The Morgan fingerprint density at radius 2 is 1.84 bits per heavy atom. The Kier molecular flexibility index (Phi) is 7.64. The van der Waals surface area contributed by atoms with Crippen LogP contribution in [0.2, 0.25) is 0 Å². The fourth-order valence-electron chi connectivity index (χ4n) is 4.63. The van der Waals surface area contributed by atoms with Crippen molar-refractivity contribution in [3.05, 3.63) is 88.0 Å². The van der Waals surface area contributed by atoms with Gasteiger partial charge in [0.2, 0.25) is 11.0 Å². The molecule has 1 N–H and O–H groups in total. The van der Waals surface area contributed by atoms with Gasteiger partial charge in [-0.1, -0.05) is 49.4 Å². The van der Waals surface area contributed by atoms with E-state index in [0.717, 1.165) is 15.3 Å². The largest absolute Gasteiger partial charge is 0.378 e. The van der Waals surface area contributed by atoms with Crippen LogP contribution in [-0.4, -0.2) is 53.2 Å². The Balaban J connectivity index is 1.43. The molecule has 1 aliphatic rings. The van der Waals surface area contributed by atoms with Crippen molar-refractivity contribution in [1.29, 1.82) is 0 Å². The lowest BCUT2D eigenvalue weighted by molar-refractivity contribution is -0.124. The first kappa shape index (κ1) is 26.1. The first-order valence-electron chi connectivity index (χ1n) is 12.2. The fraction of sp³-hybridized carbons (Fsp3) is 0.286. The lowest BCUT2D eigenvalue weighted by Crippen LogP contribution is -2.40.